The summed E-state index contributed by atoms with van der Waals surface area (Å²) in [5.74, 6) is 0.848. The highest BCUT2D eigenvalue weighted by atomic mass is 16.5. The van der Waals surface area contributed by atoms with Gasteiger partial charge in [-0.05, 0) is 29.7 Å². The number of methoxy groups -OCH3 is 1. The van der Waals surface area contributed by atoms with Crippen LogP contribution in [0.25, 0.3) is 0 Å². The van der Waals surface area contributed by atoms with Gasteiger partial charge in [-0.25, -0.2) is 0 Å². The van der Waals surface area contributed by atoms with E-state index in [2.05, 4.69) is 18.7 Å². The van der Waals surface area contributed by atoms with Crippen molar-refractivity contribution in [1.82, 2.24) is 4.90 Å². The number of carbonyl (C=O) groups is 1. The number of ether oxygens (including phenoxy) is 2. The third-order valence-corrected chi connectivity index (χ3v) is 4.70. The van der Waals surface area contributed by atoms with E-state index in [0.717, 1.165) is 17.7 Å². The molecule has 1 fully saturated rings. The zero-order valence-corrected chi connectivity index (χ0v) is 15.1. The number of rotatable bonds is 7. The first kappa shape index (κ1) is 18.2. The van der Waals surface area contributed by atoms with Gasteiger partial charge in [-0.3, -0.25) is 4.79 Å². The summed E-state index contributed by atoms with van der Waals surface area (Å²) in [7, 11) is 1.65. The summed E-state index contributed by atoms with van der Waals surface area (Å²) in [6, 6.07) is 18.1. The maximum absolute atomic E-state index is 13.0. The van der Waals surface area contributed by atoms with E-state index in [9.17, 15) is 4.79 Å². The lowest BCUT2D eigenvalue weighted by Crippen LogP contribution is -2.54. The quantitative estimate of drug-likeness (QED) is 0.715. The van der Waals surface area contributed by atoms with Crippen LogP contribution in [0.1, 0.15) is 17.5 Å². The molecule has 1 heterocycles. The fourth-order valence-corrected chi connectivity index (χ4v) is 3.26. The fraction of sp³-hybridized carbons (Fsp3) is 0.318. The summed E-state index contributed by atoms with van der Waals surface area (Å²) in [4.78, 5) is 14.9. The Kier molecular flexibility index (Phi) is 6.08. The van der Waals surface area contributed by atoms with E-state index in [1.807, 2.05) is 47.4 Å². The normalized spacial score (nSPS) is 20.0. The van der Waals surface area contributed by atoms with E-state index in [1.54, 1.807) is 13.2 Å². The summed E-state index contributed by atoms with van der Waals surface area (Å²) in [6.07, 6.45) is 2.63. The average molecular weight is 351 g/mol. The Morgan fingerprint density at radius 1 is 1.15 bits per heavy atom. The van der Waals surface area contributed by atoms with Crippen LogP contribution < -0.4 is 4.74 Å². The van der Waals surface area contributed by atoms with E-state index < -0.39 is 6.10 Å². The molecule has 2 aromatic rings. The number of morpholine rings is 1. The Morgan fingerprint density at radius 3 is 2.54 bits per heavy atom. The number of carbonyl (C=O) groups excluding carboxylic acids is 1. The van der Waals surface area contributed by atoms with Crippen LogP contribution in [0.5, 0.6) is 5.75 Å². The Hall–Kier alpha value is -2.59. The summed E-state index contributed by atoms with van der Waals surface area (Å²) in [5, 5.41) is 0. The minimum absolute atomic E-state index is 0.0214. The van der Waals surface area contributed by atoms with Gasteiger partial charge in [0.15, 0.2) is 0 Å². The predicted octanol–water partition coefficient (Wildman–Crippen LogP) is 3.61. The molecule has 4 nitrogen and oxygen atoms in total. The highest BCUT2D eigenvalue weighted by Crippen LogP contribution is 2.23. The van der Waals surface area contributed by atoms with E-state index in [4.69, 9.17) is 9.47 Å². The van der Waals surface area contributed by atoms with Crippen molar-refractivity contribution in [2.75, 3.05) is 13.7 Å². The van der Waals surface area contributed by atoms with Gasteiger partial charge >= 0.3 is 0 Å². The fourth-order valence-electron chi connectivity index (χ4n) is 3.26. The molecule has 2 atom stereocenters. The number of hydrogen-bond acceptors (Lipinski definition) is 3. The van der Waals surface area contributed by atoms with Crippen LogP contribution in [0.4, 0.5) is 0 Å². The Bertz CT molecular complexity index is 727. The monoisotopic (exact) mass is 351 g/mol. The van der Waals surface area contributed by atoms with E-state index in [-0.39, 0.29) is 11.9 Å². The van der Waals surface area contributed by atoms with Crippen LogP contribution >= 0.6 is 0 Å². The Morgan fingerprint density at radius 2 is 1.88 bits per heavy atom. The minimum Gasteiger partial charge on any atom is -0.497 e. The van der Waals surface area contributed by atoms with E-state index in [0.29, 0.717) is 19.6 Å². The largest absolute Gasteiger partial charge is 0.497 e. The predicted molar refractivity (Wildman–Crippen MR) is 102 cm³/mol. The summed E-state index contributed by atoms with van der Waals surface area (Å²) >= 11 is 0. The van der Waals surface area contributed by atoms with Crippen LogP contribution in [0.3, 0.4) is 0 Å². The van der Waals surface area contributed by atoms with Crippen LogP contribution in [0, 0.1) is 0 Å². The van der Waals surface area contributed by atoms with E-state index >= 15 is 0 Å². The molecule has 0 aromatic heterocycles. The molecule has 0 aliphatic carbocycles. The molecule has 0 unspecified atom stereocenters. The van der Waals surface area contributed by atoms with Gasteiger partial charge < -0.3 is 14.4 Å². The Labute approximate surface area is 155 Å². The van der Waals surface area contributed by atoms with Crippen LogP contribution in [0.2, 0.25) is 0 Å². The molecule has 3 rings (SSSR count). The van der Waals surface area contributed by atoms with Crippen molar-refractivity contribution in [3.63, 3.8) is 0 Å². The lowest BCUT2D eigenvalue weighted by molar-refractivity contribution is -0.160. The van der Waals surface area contributed by atoms with Crippen molar-refractivity contribution in [3.05, 3.63) is 78.4 Å². The van der Waals surface area contributed by atoms with Crippen LogP contribution in [-0.2, 0) is 22.5 Å². The maximum Gasteiger partial charge on any atom is 0.252 e. The highest BCUT2D eigenvalue weighted by molar-refractivity contribution is 5.82. The van der Waals surface area contributed by atoms with Gasteiger partial charge in [-0.2, -0.15) is 0 Å². The van der Waals surface area contributed by atoms with Gasteiger partial charge in [0.1, 0.15) is 11.9 Å². The van der Waals surface area contributed by atoms with Gasteiger partial charge in [0.05, 0.1) is 19.8 Å². The topological polar surface area (TPSA) is 38.8 Å². The zero-order chi connectivity index (χ0) is 18.4. The van der Waals surface area contributed by atoms with Gasteiger partial charge in [0, 0.05) is 13.0 Å². The average Bonchev–Trinajstić information content (AvgIpc) is 2.68. The second kappa shape index (κ2) is 8.68. The molecule has 1 aliphatic rings. The summed E-state index contributed by atoms with van der Waals surface area (Å²) in [5.41, 5.74) is 2.28. The molecule has 0 saturated carbocycles. The van der Waals surface area contributed by atoms with Gasteiger partial charge in [-0.15, -0.1) is 6.58 Å². The number of nitrogens with zero attached hydrogens (tertiary/aromatic N) is 1. The number of amides is 1. The minimum atomic E-state index is -0.433. The molecule has 0 bridgehead atoms. The van der Waals surface area contributed by atoms with Crippen molar-refractivity contribution in [3.8, 4) is 5.75 Å². The molecule has 1 saturated heterocycles. The van der Waals surface area contributed by atoms with Gasteiger partial charge in [0.25, 0.3) is 5.91 Å². The molecule has 1 aliphatic heterocycles. The van der Waals surface area contributed by atoms with Crippen molar-refractivity contribution < 1.29 is 14.3 Å². The zero-order valence-electron chi connectivity index (χ0n) is 15.1. The smallest absolute Gasteiger partial charge is 0.252 e. The van der Waals surface area contributed by atoms with Crippen molar-refractivity contribution in [1.29, 1.82) is 0 Å². The van der Waals surface area contributed by atoms with Crippen molar-refractivity contribution >= 4 is 5.91 Å². The molecule has 26 heavy (non-hydrogen) atoms. The van der Waals surface area contributed by atoms with Gasteiger partial charge in [-0.1, -0.05) is 48.5 Å². The first-order chi connectivity index (χ1) is 12.7. The summed E-state index contributed by atoms with van der Waals surface area (Å²) in [6.45, 7) is 4.84. The molecule has 1 amide bonds. The lowest BCUT2D eigenvalue weighted by atomic mass is 10.0. The first-order valence-corrected chi connectivity index (χ1v) is 8.91. The summed E-state index contributed by atoms with van der Waals surface area (Å²) < 4.78 is 11.1. The number of benzene rings is 2. The molecular weight excluding hydrogens is 326 g/mol. The number of hydrogen-bond donors (Lipinski definition) is 0. The van der Waals surface area contributed by atoms with Crippen LogP contribution in [-0.4, -0.2) is 36.7 Å². The second-order valence-electron chi connectivity index (χ2n) is 6.50. The van der Waals surface area contributed by atoms with Crippen molar-refractivity contribution in [2.45, 2.75) is 31.5 Å². The standard InChI is InChI=1S/C22H25NO3/c1-3-7-21-22(24)23(15-18-10-12-20(25-2)13-11-18)19(16-26-21)14-17-8-5-4-6-9-17/h3-6,8-13,19,21H,1,7,14-16H2,2H3/t19-,21+/m0/s1. The molecule has 0 N–H and O–H groups in total. The molecule has 136 valence electrons. The lowest BCUT2D eigenvalue weighted by Gasteiger charge is -2.39. The van der Waals surface area contributed by atoms with E-state index in [1.165, 1.54) is 5.56 Å². The van der Waals surface area contributed by atoms with Crippen molar-refractivity contribution in [2.24, 2.45) is 0 Å². The first-order valence-electron chi connectivity index (χ1n) is 8.91. The molecule has 2 aromatic carbocycles. The molecule has 0 radical (unpaired) electrons. The SMILES string of the molecule is C=CC[C@H]1OC[C@H](Cc2ccccc2)N(Cc2ccc(OC)cc2)C1=O. The van der Waals surface area contributed by atoms with Crippen LogP contribution in [0.15, 0.2) is 67.3 Å². The third kappa shape index (κ3) is 4.33. The molecule has 4 heteroatoms. The second-order valence-corrected chi connectivity index (χ2v) is 6.50. The third-order valence-electron chi connectivity index (χ3n) is 4.70. The maximum atomic E-state index is 13.0. The van der Waals surface area contributed by atoms with Gasteiger partial charge in [0.2, 0.25) is 0 Å². The highest BCUT2D eigenvalue weighted by Gasteiger charge is 2.35. The molecular formula is C22H25NO3. The molecule has 0 spiro atoms. The Balaban J connectivity index is 1.79.